The molecule has 0 saturated carbocycles. The first-order valence-corrected chi connectivity index (χ1v) is 12.5. The number of aryl methyl sites for hydroxylation is 1. The number of amides is 1. The Labute approximate surface area is 191 Å². The predicted octanol–water partition coefficient (Wildman–Crippen LogP) is 4.10. The first kappa shape index (κ1) is 21.7. The number of hydrogen-bond acceptors (Lipinski definition) is 4. The van der Waals surface area contributed by atoms with Crippen LogP contribution in [0.5, 0.6) is 0 Å². The van der Waals surface area contributed by atoms with Crippen LogP contribution < -0.4 is 0 Å². The summed E-state index contributed by atoms with van der Waals surface area (Å²) in [4.78, 5) is 17.9. The molecule has 5 heteroatoms. The molecule has 3 aliphatic rings. The summed E-state index contributed by atoms with van der Waals surface area (Å²) >= 11 is 0. The molecular formula is C27H36N2O3. The highest BCUT2D eigenvalue weighted by molar-refractivity contribution is 5.76. The summed E-state index contributed by atoms with van der Waals surface area (Å²) in [6, 6.07) is 13.4. The van der Waals surface area contributed by atoms with Gasteiger partial charge in [0.1, 0.15) is 5.76 Å². The summed E-state index contributed by atoms with van der Waals surface area (Å²) in [6.45, 7) is 4.75. The number of carbonyl (C=O) groups is 1. The number of fused-ring (bicyclic) bond motifs is 1. The summed E-state index contributed by atoms with van der Waals surface area (Å²) in [6.07, 6.45) is 10.0. The number of likely N-dealkylation sites (tertiary alicyclic amines) is 1. The Morgan fingerprint density at radius 2 is 1.78 bits per heavy atom. The smallest absolute Gasteiger partial charge is 0.223 e. The number of benzene rings is 1. The Morgan fingerprint density at radius 3 is 2.44 bits per heavy atom. The lowest BCUT2D eigenvalue weighted by Crippen LogP contribution is -2.46. The summed E-state index contributed by atoms with van der Waals surface area (Å²) in [5.41, 5.74) is 3.06. The van der Waals surface area contributed by atoms with Gasteiger partial charge in [0.15, 0.2) is 0 Å². The van der Waals surface area contributed by atoms with Crippen molar-refractivity contribution in [1.29, 1.82) is 0 Å². The monoisotopic (exact) mass is 436 g/mol. The number of ether oxygens (including phenoxy) is 1. The zero-order chi connectivity index (χ0) is 21.8. The minimum Gasteiger partial charge on any atom is -0.469 e. The topological polar surface area (TPSA) is 45.9 Å². The molecule has 1 aliphatic carbocycles. The lowest BCUT2D eigenvalue weighted by atomic mass is 9.94. The van der Waals surface area contributed by atoms with Gasteiger partial charge in [-0.2, -0.15) is 0 Å². The summed E-state index contributed by atoms with van der Waals surface area (Å²) in [5.74, 6) is 1.72. The third-order valence-corrected chi connectivity index (χ3v) is 7.64. The molecule has 1 amide bonds. The Balaban J connectivity index is 1.13. The van der Waals surface area contributed by atoms with Crippen LogP contribution in [0.2, 0.25) is 0 Å². The van der Waals surface area contributed by atoms with Crippen LogP contribution in [0.25, 0.3) is 0 Å². The Bertz CT molecular complexity index is 842. The van der Waals surface area contributed by atoms with Crippen molar-refractivity contribution in [1.82, 2.24) is 9.80 Å². The minimum absolute atomic E-state index is 0.208. The van der Waals surface area contributed by atoms with Gasteiger partial charge in [0.25, 0.3) is 0 Å². The maximum absolute atomic E-state index is 13.1. The van der Waals surface area contributed by atoms with E-state index < -0.39 is 0 Å². The van der Waals surface area contributed by atoms with Crippen molar-refractivity contribution in [3.8, 4) is 0 Å². The van der Waals surface area contributed by atoms with Gasteiger partial charge in [0.05, 0.1) is 12.4 Å². The molecule has 1 aromatic carbocycles. The van der Waals surface area contributed by atoms with Gasteiger partial charge >= 0.3 is 0 Å². The maximum Gasteiger partial charge on any atom is 0.223 e. The van der Waals surface area contributed by atoms with E-state index in [1.165, 1.54) is 36.8 Å². The van der Waals surface area contributed by atoms with Crippen molar-refractivity contribution in [2.75, 3.05) is 32.8 Å². The second-order valence-electron chi connectivity index (χ2n) is 9.82. The van der Waals surface area contributed by atoms with E-state index in [0.717, 1.165) is 51.4 Å². The van der Waals surface area contributed by atoms with Crippen molar-refractivity contribution in [3.05, 3.63) is 59.5 Å². The van der Waals surface area contributed by atoms with Crippen molar-refractivity contribution in [3.63, 3.8) is 0 Å². The number of nitrogens with zero attached hydrogens (tertiary/aromatic N) is 2. The normalized spacial score (nSPS) is 22.3. The number of carbonyl (C=O) groups excluding carboxylic acids is 1. The van der Waals surface area contributed by atoms with E-state index in [9.17, 15) is 4.79 Å². The first-order valence-electron chi connectivity index (χ1n) is 12.5. The van der Waals surface area contributed by atoms with Crippen LogP contribution in [-0.2, 0) is 28.8 Å². The number of rotatable bonds is 8. The van der Waals surface area contributed by atoms with E-state index in [2.05, 4.69) is 34.1 Å². The van der Waals surface area contributed by atoms with E-state index in [1.54, 1.807) is 6.26 Å². The molecule has 32 heavy (non-hydrogen) atoms. The lowest BCUT2D eigenvalue weighted by Gasteiger charge is -2.38. The van der Waals surface area contributed by atoms with Crippen LogP contribution in [0.3, 0.4) is 0 Å². The highest BCUT2D eigenvalue weighted by Crippen LogP contribution is 2.29. The van der Waals surface area contributed by atoms with Crippen molar-refractivity contribution in [2.24, 2.45) is 5.92 Å². The number of piperidine rings is 1. The van der Waals surface area contributed by atoms with Crippen molar-refractivity contribution >= 4 is 5.91 Å². The van der Waals surface area contributed by atoms with Crippen molar-refractivity contribution < 1.29 is 13.9 Å². The van der Waals surface area contributed by atoms with Gasteiger partial charge in [-0.1, -0.05) is 24.3 Å². The Kier molecular flexibility index (Phi) is 6.94. The molecule has 5 nitrogen and oxygen atoms in total. The van der Waals surface area contributed by atoms with E-state index in [1.807, 2.05) is 12.1 Å². The van der Waals surface area contributed by atoms with E-state index in [0.29, 0.717) is 24.8 Å². The molecule has 0 spiro atoms. The SMILES string of the molecule is O=C(CCc1ccco1)N(CC1CCN(C2Cc3ccccc3C2)CC1)C[C@@H]1CCCO1. The second-order valence-corrected chi connectivity index (χ2v) is 9.82. The summed E-state index contributed by atoms with van der Waals surface area (Å²) in [7, 11) is 0. The van der Waals surface area contributed by atoms with Gasteiger partial charge in [0.2, 0.25) is 5.91 Å². The molecule has 1 atom stereocenters. The van der Waals surface area contributed by atoms with Crippen LogP contribution in [0.4, 0.5) is 0 Å². The maximum atomic E-state index is 13.1. The van der Waals surface area contributed by atoms with Gasteiger partial charge in [0, 0.05) is 38.6 Å². The van der Waals surface area contributed by atoms with E-state index in [4.69, 9.17) is 9.15 Å². The molecule has 3 heterocycles. The lowest BCUT2D eigenvalue weighted by molar-refractivity contribution is -0.133. The molecule has 0 N–H and O–H groups in total. The fraction of sp³-hybridized carbons (Fsp3) is 0.593. The Hall–Kier alpha value is -2.11. The quantitative estimate of drug-likeness (QED) is 0.625. The fourth-order valence-electron chi connectivity index (χ4n) is 5.76. The highest BCUT2D eigenvalue weighted by atomic mass is 16.5. The van der Waals surface area contributed by atoms with Crippen molar-refractivity contribution in [2.45, 2.75) is 63.5 Å². The molecule has 2 aliphatic heterocycles. The standard InChI is InChI=1S/C27H36N2O3/c30-27(10-9-25-7-3-15-31-25)29(20-26-8-4-16-32-26)19-21-11-13-28(14-12-21)24-17-22-5-1-2-6-23(22)18-24/h1-3,5-7,15,21,24,26H,4,8-14,16-20H2/t26-/m0/s1. The van der Waals surface area contributed by atoms with Crippen LogP contribution in [0.1, 0.15) is 49.0 Å². The van der Waals surface area contributed by atoms with Gasteiger partial charge in [-0.3, -0.25) is 9.69 Å². The third kappa shape index (κ3) is 5.26. The van der Waals surface area contributed by atoms with Crippen LogP contribution >= 0.6 is 0 Å². The molecular weight excluding hydrogens is 400 g/mol. The molecule has 1 aromatic heterocycles. The summed E-state index contributed by atoms with van der Waals surface area (Å²) < 4.78 is 11.3. The fourth-order valence-corrected chi connectivity index (χ4v) is 5.76. The average Bonchev–Trinajstić information content (AvgIpc) is 3.59. The van der Waals surface area contributed by atoms with Gasteiger partial charge in [-0.15, -0.1) is 0 Å². The van der Waals surface area contributed by atoms with Crippen LogP contribution in [0, 0.1) is 5.92 Å². The molecule has 172 valence electrons. The number of hydrogen-bond donors (Lipinski definition) is 0. The minimum atomic E-state index is 0.208. The average molecular weight is 437 g/mol. The molecule has 0 bridgehead atoms. The molecule has 2 fully saturated rings. The zero-order valence-electron chi connectivity index (χ0n) is 19.1. The van der Waals surface area contributed by atoms with E-state index >= 15 is 0 Å². The van der Waals surface area contributed by atoms with Crippen LogP contribution in [-0.4, -0.2) is 60.6 Å². The third-order valence-electron chi connectivity index (χ3n) is 7.64. The largest absolute Gasteiger partial charge is 0.469 e. The molecule has 2 saturated heterocycles. The highest BCUT2D eigenvalue weighted by Gasteiger charge is 2.31. The number of furan rings is 1. The van der Waals surface area contributed by atoms with Gasteiger partial charge < -0.3 is 14.1 Å². The van der Waals surface area contributed by atoms with E-state index in [-0.39, 0.29) is 12.0 Å². The van der Waals surface area contributed by atoms with Crippen LogP contribution in [0.15, 0.2) is 47.1 Å². The molecule has 5 rings (SSSR count). The molecule has 0 unspecified atom stereocenters. The zero-order valence-corrected chi connectivity index (χ0v) is 19.1. The van der Waals surface area contributed by atoms with Gasteiger partial charge in [-0.25, -0.2) is 0 Å². The molecule has 2 aromatic rings. The van der Waals surface area contributed by atoms with Gasteiger partial charge in [-0.05, 0) is 80.8 Å². The second kappa shape index (κ2) is 10.2. The Morgan fingerprint density at radius 1 is 1.00 bits per heavy atom. The predicted molar refractivity (Wildman–Crippen MR) is 125 cm³/mol. The first-order chi connectivity index (χ1) is 15.7. The molecule has 0 radical (unpaired) electrons. The summed E-state index contributed by atoms with van der Waals surface area (Å²) in [5, 5.41) is 0.